The molecule has 2 heterocycles. The van der Waals surface area contributed by atoms with Crippen molar-refractivity contribution in [3.63, 3.8) is 0 Å². The third-order valence-corrected chi connectivity index (χ3v) is 6.89. The average molecular weight is 455 g/mol. The quantitative estimate of drug-likeness (QED) is 0.636. The van der Waals surface area contributed by atoms with E-state index in [0.29, 0.717) is 31.2 Å². The van der Waals surface area contributed by atoms with Crippen LogP contribution in [0.1, 0.15) is 11.1 Å². The van der Waals surface area contributed by atoms with Crippen molar-refractivity contribution < 1.29 is 19.1 Å². The molecule has 31 heavy (non-hydrogen) atoms. The minimum absolute atomic E-state index is 0.228. The van der Waals surface area contributed by atoms with Crippen molar-refractivity contribution in [2.24, 2.45) is 0 Å². The predicted molar refractivity (Wildman–Crippen MR) is 122 cm³/mol. The van der Waals surface area contributed by atoms with E-state index in [1.165, 1.54) is 5.56 Å². The largest absolute Gasteiger partial charge is 0.378 e. The summed E-state index contributed by atoms with van der Waals surface area (Å²) < 4.78 is 5.24. The molecule has 2 aromatic carbocycles. The Hall–Kier alpha value is -2.55. The van der Waals surface area contributed by atoms with E-state index in [1.807, 2.05) is 24.3 Å². The number of carbonyl (C=O) groups is 3. The van der Waals surface area contributed by atoms with Gasteiger partial charge in [-0.05, 0) is 54.6 Å². The minimum Gasteiger partial charge on any atom is -0.378 e. The first-order valence-corrected chi connectivity index (χ1v) is 11.6. The number of aryl methyl sites for hydroxylation is 1. The molecule has 2 aliphatic rings. The smallest absolute Gasteiger partial charge is 0.294 e. The van der Waals surface area contributed by atoms with Gasteiger partial charge in [-0.25, -0.2) is 0 Å². The third kappa shape index (κ3) is 5.39. The summed E-state index contributed by atoms with van der Waals surface area (Å²) in [5.41, 5.74) is 2.05. The number of carbonyl (C=O) groups excluding carboxylic acids is 3. The van der Waals surface area contributed by atoms with Crippen molar-refractivity contribution in [3.05, 3.63) is 64.6 Å². The number of nitrogens with zero attached hydrogens (tertiary/aromatic N) is 2. The first-order valence-electron chi connectivity index (χ1n) is 9.95. The van der Waals surface area contributed by atoms with Gasteiger partial charge in [0.1, 0.15) is 6.54 Å². The highest BCUT2D eigenvalue weighted by atomic mass is 32.2. The second kappa shape index (κ2) is 9.72. The Bertz CT molecular complexity index is 1010. The van der Waals surface area contributed by atoms with Gasteiger partial charge < -0.3 is 9.64 Å². The molecule has 2 fully saturated rings. The number of morpholine rings is 1. The number of thioether (sulfide) groups is 1. The fourth-order valence-electron chi connectivity index (χ4n) is 3.21. The zero-order valence-electron chi connectivity index (χ0n) is 17.1. The molecule has 2 aromatic rings. The van der Waals surface area contributed by atoms with E-state index in [2.05, 4.69) is 31.2 Å². The summed E-state index contributed by atoms with van der Waals surface area (Å²) in [6, 6.07) is 16.1. The normalized spacial score (nSPS) is 18.2. The predicted octanol–water partition coefficient (Wildman–Crippen LogP) is 4.04. The SMILES string of the molecule is Cc1ccc(Sc2ccc(/C=C3\SC(=O)N(CC(=O)N4CCOCC4)C3=O)cc2)cc1. The topological polar surface area (TPSA) is 66.9 Å². The van der Waals surface area contributed by atoms with Crippen molar-refractivity contribution in [1.82, 2.24) is 9.80 Å². The zero-order chi connectivity index (χ0) is 21.8. The van der Waals surface area contributed by atoms with Crippen molar-refractivity contribution >= 4 is 46.7 Å². The highest BCUT2D eigenvalue weighted by molar-refractivity contribution is 8.18. The van der Waals surface area contributed by atoms with Crippen LogP contribution in [0.4, 0.5) is 4.79 Å². The van der Waals surface area contributed by atoms with Crippen LogP contribution in [0.3, 0.4) is 0 Å². The Labute approximate surface area is 189 Å². The highest BCUT2D eigenvalue weighted by Gasteiger charge is 2.37. The summed E-state index contributed by atoms with van der Waals surface area (Å²) in [6.45, 7) is 3.75. The maximum atomic E-state index is 12.7. The average Bonchev–Trinajstić information content (AvgIpc) is 3.04. The van der Waals surface area contributed by atoms with Crippen LogP contribution in [0.25, 0.3) is 6.08 Å². The summed E-state index contributed by atoms with van der Waals surface area (Å²) in [4.78, 5) is 42.6. The van der Waals surface area contributed by atoms with Gasteiger partial charge >= 0.3 is 0 Å². The molecule has 0 spiro atoms. The molecule has 0 unspecified atom stereocenters. The fraction of sp³-hybridized carbons (Fsp3) is 0.261. The molecule has 0 aromatic heterocycles. The van der Waals surface area contributed by atoms with Crippen LogP contribution in [0, 0.1) is 6.92 Å². The number of ether oxygens (including phenoxy) is 1. The van der Waals surface area contributed by atoms with Crippen LogP contribution in [-0.4, -0.2) is 59.7 Å². The maximum Gasteiger partial charge on any atom is 0.294 e. The summed E-state index contributed by atoms with van der Waals surface area (Å²) >= 11 is 2.53. The van der Waals surface area contributed by atoms with E-state index in [4.69, 9.17) is 4.74 Å². The second-order valence-corrected chi connectivity index (χ2v) is 9.39. The molecule has 0 atom stereocenters. The van der Waals surface area contributed by atoms with Gasteiger partial charge in [-0.2, -0.15) is 0 Å². The molecule has 8 heteroatoms. The van der Waals surface area contributed by atoms with Gasteiger partial charge in [0.15, 0.2) is 0 Å². The summed E-state index contributed by atoms with van der Waals surface area (Å²) in [5.74, 6) is -0.654. The van der Waals surface area contributed by atoms with Crippen LogP contribution in [-0.2, 0) is 14.3 Å². The molecule has 2 saturated heterocycles. The van der Waals surface area contributed by atoms with Crippen LogP contribution in [0.2, 0.25) is 0 Å². The minimum atomic E-state index is -0.422. The molecule has 0 N–H and O–H groups in total. The highest BCUT2D eigenvalue weighted by Crippen LogP contribution is 2.33. The van der Waals surface area contributed by atoms with Gasteiger partial charge in [-0.15, -0.1) is 0 Å². The number of imide groups is 1. The van der Waals surface area contributed by atoms with E-state index in [9.17, 15) is 14.4 Å². The Kier molecular flexibility index (Phi) is 6.80. The molecule has 160 valence electrons. The molecule has 0 aliphatic carbocycles. The molecule has 6 nitrogen and oxygen atoms in total. The van der Waals surface area contributed by atoms with Crippen LogP contribution < -0.4 is 0 Å². The van der Waals surface area contributed by atoms with Crippen LogP contribution >= 0.6 is 23.5 Å². The van der Waals surface area contributed by atoms with Crippen molar-refractivity contribution in [2.75, 3.05) is 32.8 Å². The Balaban J connectivity index is 1.40. The fourth-order valence-corrected chi connectivity index (χ4v) is 4.86. The van der Waals surface area contributed by atoms with Crippen LogP contribution in [0.15, 0.2) is 63.2 Å². The first kappa shape index (κ1) is 21.7. The Morgan fingerprint density at radius 3 is 2.29 bits per heavy atom. The molecule has 0 saturated carbocycles. The number of rotatable bonds is 5. The molecule has 2 aliphatic heterocycles. The standard InChI is InChI=1S/C23H22N2O4S2/c1-16-2-6-18(7-3-16)30-19-8-4-17(5-9-19)14-20-22(27)25(23(28)31-20)15-21(26)24-10-12-29-13-11-24/h2-9,14H,10-13,15H2,1H3/b20-14-. The molecule has 0 radical (unpaired) electrons. The summed E-state index contributed by atoms with van der Waals surface area (Å²) in [6.07, 6.45) is 1.70. The first-order chi connectivity index (χ1) is 15.0. The molecule has 0 bridgehead atoms. The van der Waals surface area contributed by atoms with Crippen LogP contribution in [0.5, 0.6) is 0 Å². The number of hydrogen-bond donors (Lipinski definition) is 0. The lowest BCUT2D eigenvalue weighted by Crippen LogP contribution is -2.46. The summed E-state index contributed by atoms with van der Waals surface area (Å²) in [7, 11) is 0. The Morgan fingerprint density at radius 1 is 1.03 bits per heavy atom. The number of benzene rings is 2. The maximum absolute atomic E-state index is 12.7. The van der Waals surface area contributed by atoms with E-state index < -0.39 is 11.1 Å². The molecular formula is C23H22N2O4S2. The lowest BCUT2D eigenvalue weighted by molar-refractivity contribution is -0.139. The zero-order valence-corrected chi connectivity index (χ0v) is 18.7. The number of hydrogen-bond acceptors (Lipinski definition) is 6. The molecular weight excluding hydrogens is 432 g/mol. The van der Waals surface area contributed by atoms with E-state index >= 15 is 0 Å². The van der Waals surface area contributed by atoms with Gasteiger partial charge in [0.25, 0.3) is 11.1 Å². The monoisotopic (exact) mass is 454 g/mol. The van der Waals surface area contributed by atoms with Crippen molar-refractivity contribution in [1.29, 1.82) is 0 Å². The third-order valence-electron chi connectivity index (χ3n) is 4.97. The van der Waals surface area contributed by atoms with E-state index in [-0.39, 0.29) is 12.5 Å². The van der Waals surface area contributed by atoms with E-state index in [0.717, 1.165) is 32.0 Å². The second-order valence-electron chi connectivity index (χ2n) is 7.25. The van der Waals surface area contributed by atoms with Gasteiger partial charge in [0, 0.05) is 22.9 Å². The number of amides is 3. The lowest BCUT2D eigenvalue weighted by Gasteiger charge is -2.28. The van der Waals surface area contributed by atoms with Gasteiger partial charge in [-0.3, -0.25) is 19.3 Å². The molecule has 4 rings (SSSR count). The lowest BCUT2D eigenvalue weighted by atomic mass is 10.2. The van der Waals surface area contributed by atoms with E-state index in [1.54, 1.807) is 22.7 Å². The van der Waals surface area contributed by atoms with Gasteiger partial charge in [0.05, 0.1) is 18.1 Å². The van der Waals surface area contributed by atoms with Gasteiger partial charge in [-0.1, -0.05) is 41.6 Å². The van der Waals surface area contributed by atoms with Crippen molar-refractivity contribution in [3.8, 4) is 0 Å². The Morgan fingerprint density at radius 2 is 1.65 bits per heavy atom. The molecule has 3 amide bonds. The van der Waals surface area contributed by atoms with Crippen molar-refractivity contribution in [2.45, 2.75) is 16.7 Å². The summed E-state index contributed by atoms with van der Waals surface area (Å²) in [5, 5.41) is -0.413. The van der Waals surface area contributed by atoms with Gasteiger partial charge in [0.2, 0.25) is 5.91 Å².